The highest BCUT2D eigenvalue weighted by atomic mass is 19.1. The molecule has 0 N–H and O–H groups in total. The molecule has 2 heterocycles. The molecule has 4 aromatic rings. The minimum absolute atomic E-state index is 0.0142. The smallest absolute Gasteiger partial charge is 0.290 e. The van der Waals surface area contributed by atoms with Crippen molar-refractivity contribution in [3.63, 3.8) is 0 Å². The summed E-state index contributed by atoms with van der Waals surface area (Å²) < 4.78 is 36.5. The van der Waals surface area contributed by atoms with Gasteiger partial charge in [-0.1, -0.05) is 31.5 Å². The van der Waals surface area contributed by atoms with Gasteiger partial charge >= 0.3 is 0 Å². The second kappa shape index (κ2) is 11.2. The zero-order valence-corrected chi connectivity index (χ0v) is 22.2. The molecule has 8 heteroatoms. The maximum Gasteiger partial charge on any atom is 0.290 e. The molecule has 0 aliphatic carbocycles. The first-order chi connectivity index (χ1) is 18.9. The summed E-state index contributed by atoms with van der Waals surface area (Å²) in [6.07, 6.45) is 2.47. The molecule has 0 bridgehead atoms. The topological polar surface area (TPSA) is 78.2 Å². The van der Waals surface area contributed by atoms with Crippen LogP contribution in [0.1, 0.15) is 53.1 Å². The molecule has 0 saturated heterocycles. The van der Waals surface area contributed by atoms with Gasteiger partial charge in [0.2, 0.25) is 5.76 Å². The number of methoxy groups -OCH3 is 2. The second-order valence-corrected chi connectivity index (χ2v) is 9.43. The van der Waals surface area contributed by atoms with Crippen LogP contribution in [0.25, 0.3) is 11.0 Å². The number of carbonyl (C=O) groups excluding carboxylic acids is 1. The van der Waals surface area contributed by atoms with Crippen LogP contribution >= 0.6 is 0 Å². The lowest BCUT2D eigenvalue weighted by molar-refractivity contribution is 0.0730. The van der Waals surface area contributed by atoms with E-state index in [1.165, 1.54) is 12.1 Å². The van der Waals surface area contributed by atoms with Crippen molar-refractivity contribution < 1.29 is 27.8 Å². The first kappa shape index (κ1) is 26.3. The highest BCUT2D eigenvalue weighted by molar-refractivity contribution is 5.99. The molecule has 1 unspecified atom stereocenters. The molecule has 202 valence electrons. The number of nitrogens with zero attached hydrogens (tertiary/aromatic N) is 1. The molecule has 0 fully saturated rings. The SMILES string of the molecule is CCCCOc1ccc(C2c3c(oc4ccc(F)cc4c3=O)C(=O)N2CCc2ccc(OC)c(OC)c2)cc1. The number of halogens is 1. The molecule has 1 atom stereocenters. The summed E-state index contributed by atoms with van der Waals surface area (Å²) in [5.41, 5.74) is 1.64. The molecule has 1 aliphatic rings. The Kier molecular flexibility index (Phi) is 7.54. The van der Waals surface area contributed by atoms with Gasteiger partial charge in [-0.2, -0.15) is 0 Å². The van der Waals surface area contributed by atoms with E-state index in [1.54, 1.807) is 19.1 Å². The molecular formula is C31H30FNO6. The normalized spacial score (nSPS) is 14.5. The number of unbranched alkanes of at least 4 members (excludes halogenated alkanes) is 1. The van der Waals surface area contributed by atoms with Gasteiger partial charge in [0, 0.05) is 6.54 Å². The number of carbonyl (C=O) groups is 1. The Hall–Kier alpha value is -4.33. The van der Waals surface area contributed by atoms with E-state index >= 15 is 0 Å². The minimum Gasteiger partial charge on any atom is -0.494 e. The van der Waals surface area contributed by atoms with Crippen molar-refractivity contribution in [2.24, 2.45) is 0 Å². The molecule has 0 spiro atoms. The van der Waals surface area contributed by atoms with Crippen LogP contribution in [0.3, 0.4) is 0 Å². The molecule has 1 aromatic heterocycles. The first-order valence-corrected chi connectivity index (χ1v) is 13.0. The Morgan fingerprint density at radius 3 is 2.44 bits per heavy atom. The third-order valence-corrected chi connectivity index (χ3v) is 6.98. The fraction of sp³-hybridized carbons (Fsp3) is 0.290. The Balaban J connectivity index is 1.54. The van der Waals surface area contributed by atoms with Crippen molar-refractivity contribution in [1.29, 1.82) is 0 Å². The van der Waals surface area contributed by atoms with E-state index in [1.807, 2.05) is 42.5 Å². The van der Waals surface area contributed by atoms with Crippen LogP contribution < -0.4 is 19.6 Å². The van der Waals surface area contributed by atoms with E-state index in [0.29, 0.717) is 36.8 Å². The third kappa shape index (κ3) is 5.06. The summed E-state index contributed by atoms with van der Waals surface area (Å²) in [4.78, 5) is 29.0. The van der Waals surface area contributed by atoms with Crippen LogP contribution in [0.2, 0.25) is 0 Å². The van der Waals surface area contributed by atoms with Crippen molar-refractivity contribution >= 4 is 16.9 Å². The number of hydrogen-bond acceptors (Lipinski definition) is 6. The van der Waals surface area contributed by atoms with Gasteiger partial charge < -0.3 is 23.5 Å². The molecule has 1 amide bonds. The first-order valence-electron chi connectivity index (χ1n) is 13.0. The molecule has 0 radical (unpaired) electrons. The van der Waals surface area contributed by atoms with E-state index in [9.17, 15) is 14.0 Å². The maximum atomic E-state index is 14.0. The molecule has 7 nitrogen and oxygen atoms in total. The van der Waals surface area contributed by atoms with Gasteiger partial charge in [-0.3, -0.25) is 9.59 Å². The summed E-state index contributed by atoms with van der Waals surface area (Å²) in [5, 5.41) is 0.104. The number of rotatable bonds is 10. The summed E-state index contributed by atoms with van der Waals surface area (Å²) in [7, 11) is 3.14. The van der Waals surface area contributed by atoms with E-state index in [-0.39, 0.29) is 28.2 Å². The summed E-state index contributed by atoms with van der Waals surface area (Å²) >= 11 is 0. The van der Waals surface area contributed by atoms with Crippen LogP contribution in [-0.2, 0) is 6.42 Å². The largest absolute Gasteiger partial charge is 0.494 e. The number of ether oxygens (including phenoxy) is 3. The standard InChI is InChI=1S/C31H30FNO6/c1-4-5-16-38-22-10-7-20(8-11-22)28-27-29(34)23-18-21(32)9-13-24(23)39-30(27)31(35)33(28)15-14-19-6-12-25(36-2)26(17-19)37-3/h6-13,17-18,28H,4-5,14-16H2,1-3H3. The van der Waals surface area contributed by atoms with Crippen LogP contribution in [0.15, 0.2) is 69.9 Å². The fourth-order valence-electron chi connectivity index (χ4n) is 4.94. The Morgan fingerprint density at radius 2 is 1.72 bits per heavy atom. The number of amides is 1. The van der Waals surface area contributed by atoms with Gasteiger partial charge in [0.1, 0.15) is 17.1 Å². The molecule has 5 rings (SSSR count). The lowest BCUT2D eigenvalue weighted by Gasteiger charge is -2.25. The summed E-state index contributed by atoms with van der Waals surface area (Å²) in [6, 6.07) is 16.0. The molecule has 0 saturated carbocycles. The average Bonchev–Trinajstić information content (AvgIpc) is 3.24. The van der Waals surface area contributed by atoms with Crippen molar-refractivity contribution in [2.75, 3.05) is 27.4 Å². The lowest BCUT2D eigenvalue weighted by Crippen LogP contribution is -2.31. The van der Waals surface area contributed by atoms with Gasteiger partial charge in [-0.15, -0.1) is 0 Å². The Morgan fingerprint density at radius 1 is 0.949 bits per heavy atom. The molecule has 3 aromatic carbocycles. The summed E-state index contributed by atoms with van der Waals surface area (Å²) in [5.74, 6) is 0.961. The van der Waals surface area contributed by atoms with E-state index in [0.717, 1.165) is 30.0 Å². The predicted octanol–water partition coefficient (Wildman–Crippen LogP) is 5.92. The van der Waals surface area contributed by atoms with Crippen LogP contribution in [-0.4, -0.2) is 38.2 Å². The number of hydrogen-bond donors (Lipinski definition) is 0. The minimum atomic E-state index is -0.693. The van der Waals surface area contributed by atoms with Crippen LogP contribution in [0, 0.1) is 5.82 Å². The van der Waals surface area contributed by atoms with Gasteiger partial charge in [0.15, 0.2) is 16.9 Å². The average molecular weight is 532 g/mol. The van der Waals surface area contributed by atoms with Crippen molar-refractivity contribution in [3.05, 3.63) is 99.2 Å². The lowest BCUT2D eigenvalue weighted by atomic mass is 9.98. The molecule has 1 aliphatic heterocycles. The van der Waals surface area contributed by atoms with Crippen molar-refractivity contribution in [2.45, 2.75) is 32.2 Å². The third-order valence-electron chi connectivity index (χ3n) is 6.98. The van der Waals surface area contributed by atoms with Gasteiger partial charge in [-0.25, -0.2) is 4.39 Å². The van der Waals surface area contributed by atoms with E-state index < -0.39 is 17.3 Å². The summed E-state index contributed by atoms with van der Waals surface area (Å²) in [6.45, 7) is 3.01. The highest BCUT2D eigenvalue weighted by Gasteiger charge is 2.42. The van der Waals surface area contributed by atoms with Gasteiger partial charge in [0.05, 0.1) is 37.8 Å². The molecular weight excluding hydrogens is 501 g/mol. The monoisotopic (exact) mass is 531 g/mol. The number of benzene rings is 3. The zero-order chi connectivity index (χ0) is 27.5. The fourth-order valence-corrected chi connectivity index (χ4v) is 4.94. The van der Waals surface area contributed by atoms with Crippen LogP contribution in [0.4, 0.5) is 4.39 Å². The van der Waals surface area contributed by atoms with E-state index in [4.69, 9.17) is 18.6 Å². The number of fused-ring (bicyclic) bond motifs is 2. The van der Waals surface area contributed by atoms with E-state index in [2.05, 4.69) is 6.92 Å². The van der Waals surface area contributed by atoms with Crippen molar-refractivity contribution in [1.82, 2.24) is 4.90 Å². The predicted molar refractivity (Wildman–Crippen MR) is 145 cm³/mol. The van der Waals surface area contributed by atoms with Gasteiger partial charge in [0.25, 0.3) is 5.91 Å². The van der Waals surface area contributed by atoms with Crippen molar-refractivity contribution in [3.8, 4) is 17.2 Å². The highest BCUT2D eigenvalue weighted by Crippen LogP contribution is 2.39. The maximum absolute atomic E-state index is 14.0. The van der Waals surface area contributed by atoms with Gasteiger partial charge in [-0.05, 0) is 66.4 Å². The zero-order valence-electron chi connectivity index (χ0n) is 22.2. The Bertz CT molecular complexity index is 1560. The van der Waals surface area contributed by atoms with Crippen LogP contribution in [0.5, 0.6) is 17.2 Å². The second-order valence-electron chi connectivity index (χ2n) is 9.43. The quantitative estimate of drug-likeness (QED) is 0.237. The Labute approximate surface area is 225 Å². The molecule has 39 heavy (non-hydrogen) atoms.